The summed E-state index contributed by atoms with van der Waals surface area (Å²) in [6.07, 6.45) is 6.17. The number of nitrogens with zero attached hydrogens (tertiary/aromatic N) is 3. The highest BCUT2D eigenvalue weighted by molar-refractivity contribution is 5.50. The van der Waals surface area contributed by atoms with Crippen molar-refractivity contribution in [1.29, 1.82) is 0 Å². The Morgan fingerprint density at radius 3 is 2.64 bits per heavy atom. The van der Waals surface area contributed by atoms with Crippen molar-refractivity contribution in [2.45, 2.75) is 27.3 Å². The molecule has 4 heteroatoms. The molecule has 4 nitrogen and oxygen atoms in total. The van der Waals surface area contributed by atoms with E-state index >= 15 is 0 Å². The second-order valence-electron chi connectivity index (χ2n) is 5.78. The molecule has 0 aliphatic heterocycles. The van der Waals surface area contributed by atoms with Crippen molar-refractivity contribution in [2.75, 3.05) is 31.2 Å². The van der Waals surface area contributed by atoms with Gasteiger partial charge in [-0.1, -0.05) is 6.07 Å². The van der Waals surface area contributed by atoms with Gasteiger partial charge in [-0.05, 0) is 44.0 Å². The molecule has 120 valence electrons. The SMILES string of the molecule is CCN(CCOCCn1cc[n+](C)c1)c1ccc(C)c(C)c1. The van der Waals surface area contributed by atoms with E-state index in [0.29, 0.717) is 0 Å². The molecule has 0 aliphatic rings. The third-order valence-electron chi connectivity index (χ3n) is 4.06. The maximum Gasteiger partial charge on any atom is 0.243 e. The van der Waals surface area contributed by atoms with Crippen LogP contribution < -0.4 is 9.47 Å². The van der Waals surface area contributed by atoms with Crippen LogP contribution in [0.1, 0.15) is 18.1 Å². The molecular formula is C18H28N3O+. The monoisotopic (exact) mass is 302 g/mol. The van der Waals surface area contributed by atoms with Crippen molar-refractivity contribution >= 4 is 5.69 Å². The molecule has 0 saturated heterocycles. The van der Waals surface area contributed by atoms with E-state index in [4.69, 9.17) is 4.74 Å². The normalized spacial score (nSPS) is 10.9. The van der Waals surface area contributed by atoms with Crippen LogP contribution in [0.5, 0.6) is 0 Å². The van der Waals surface area contributed by atoms with Gasteiger partial charge in [0.15, 0.2) is 0 Å². The number of imidazole rings is 1. The number of benzene rings is 1. The fourth-order valence-corrected chi connectivity index (χ4v) is 2.47. The Hall–Kier alpha value is -1.81. The standard InChI is InChI=1S/C18H28N3O/c1-5-21(18-7-6-16(2)17(3)14-18)11-13-22-12-10-20-9-8-19(4)15-20/h6-9,14-15H,5,10-13H2,1-4H3/q+1. The molecule has 22 heavy (non-hydrogen) atoms. The fourth-order valence-electron chi connectivity index (χ4n) is 2.47. The summed E-state index contributed by atoms with van der Waals surface area (Å²) in [4.78, 5) is 2.36. The van der Waals surface area contributed by atoms with Crippen molar-refractivity contribution in [3.63, 3.8) is 0 Å². The van der Waals surface area contributed by atoms with Crippen LogP contribution in [0.3, 0.4) is 0 Å². The fraction of sp³-hybridized carbons (Fsp3) is 0.500. The predicted octanol–water partition coefficient (Wildman–Crippen LogP) is 2.47. The minimum Gasteiger partial charge on any atom is -0.376 e. The zero-order valence-corrected chi connectivity index (χ0v) is 14.2. The number of anilines is 1. The number of rotatable bonds is 8. The maximum atomic E-state index is 5.78. The van der Waals surface area contributed by atoms with Gasteiger partial charge in [0.05, 0.1) is 20.3 Å². The van der Waals surface area contributed by atoms with Gasteiger partial charge in [0.1, 0.15) is 18.9 Å². The lowest BCUT2D eigenvalue weighted by Gasteiger charge is -2.23. The van der Waals surface area contributed by atoms with E-state index in [-0.39, 0.29) is 0 Å². The van der Waals surface area contributed by atoms with Crippen molar-refractivity contribution < 1.29 is 9.30 Å². The Kier molecular flexibility index (Phi) is 6.01. The van der Waals surface area contributed by atoms with E-state index < -0.39 is 0 Å². The molecule has 1 heterocycles. The number of likely N-dealkylation sites (N-methyl/N-ethyl adjacent to an activating group) is 1. The number of hydrogen-bond donors (Lipinski definition) is 0. The highest BCUT2D eigenvalue weighted by atomic mass is 16.5. The first-order valence-corrected chi connectivity index (χ1v) is 8.01. The van der Waals surface area contributed by atoms with Crippen LogP contribution >= 0.6 is 0 Å². The summed E-state index contributed by atoms with van der Waals surface area (Å²) in [6, 6.07) is 6.66. The van der Waals surface area contributed by atoms with E-state index in [1.807, 2.05) is 17.8 Å². The van der Waals surface area contributed by atoms with Crippen LogP contribution in [0.2, 0.25) is 0 Å². The summed E-state index contributed by atoms with van der Waals surface area (Å²) in [7, 11) is 2.03. The molecule has 0 spiro atoms. The van der Waals surface area contributed by atoms with Crippen molar-refractivity contribution in [3.05, 3.63) is 48.0 Å². The molecule has 2 rings (SSSR count). The Morgan fingerprint density at radius 2 is 2.00 bits per heavy atom. The Morgan fingerprint density at radius 1 is 1.18 bits per heavy atom. The van der Waals surface area contributed by atoms with Gasteiger partial charge in [0.2, 0.25) is 6.33 Å². The zero-order chi connectivity index (χ0) is 15.9. The maximum absolute atomic E-state index is 5.78. The summed E-state index contributed by atoms with van der Waals surface area (Å²) in [5.74, 6) is 0. The lowest BCUT2D eigenvalue weighted by Crippen LogP contribution is -2.27. The lowest BCUT2D eigenvalue weighted by atomic mass is 10.1. The van der Waals surface area contributed by atoms with Gasteiger partial charge < -0.3 is 9.64 Å². The molecule has 0 atom stereocenters. The average molecular weight is 302 g/mol. The molecule has 2 aromatic rings. The molecule has 1 aromatic carbocycles. The summed E-state index contributed by atoms with van der Waals surface area (Å²) in [6.45, 7) is 10.8. The predicted molar refractivity (Wildman–Crippen MR) is 90.2 cm³/mol. The molecule has 0 saturated carbocycles. The Bertz CT molecular complexity index is 592. The van der Waals surface area contributed by atoms with Crippen molar-refractivity contribution in [3.8, 4) is 0 Å². The van der Waals surface area contributed by atoms with Gasteiger partial charge in [-0.2, -0.15) is 0 Å². The summed E-state index contributed by atoms with van der Waals surface area (Å²) in [5, 5.41) is 0. The van der Waals surface area contributed by atoms with Gasteiger partial charge >= 0.3 is 0 Å². The second-order valence-corrected chi connectivity index (χ2v) is 5.78. The Labute approximate surface area is 133 Å². The number of aryl methyl sites for hydroxylation is 3. The first-order chi connectivity index (χ1) is 10.6. The summed E-state index contributed by atoms with van der Waals surface area (Å²) >= 11 is 0. The quantitative estimate of drug-likeness (QED) is 0.552. The van der Waals surface area contributed by atoms with Gasteiger partial charge in [0, 0.05) is 18.8 Å². The zero-order valence-electron chi connectivity index (χ0n) is 14.2. The molecule has 0 radical (unpaired) electrons. The van der Waals surface area contributed by atoms with E-state index in [0.717, 1.165) is 32.8 Å². The lowest BCUT2D eigenvalue weighted by molar-refractivity contribution is -0.671. The van der Waals surface area contributed by atoms with Crippen LogP contribution in [0.15, 0.2) is 36.9 Å². The number of ether oxygens (including phenoxy) is 1. The van der Waals surface area contributed by atoms with Crippen LogP contribution in [-0.2, 0) is 18.3 Å². The minimum atomic E-state index is 0.749. The third kappa shape index (κ3) is 4.60. The molecule has 0 amide bonds. The highest BCUT2D eigenvalue weighted by Gasteiger charge is 2.06. The van der Waals surface area contributed by atoms with E-state index in [2.05, 4.69) is 61.0 Å². The van der Waals surface area contributed by atoms with Gasteiger partial charge in [-0.15, -0.1) is 0 Å². The summed E-state index contributed by atoms with van der Waals surface area (Å²) in [5.41, 5.74) is 3.97. The van der Waals surface area contributed by atoms with Crippen LogP contribution in [0.4, 0.5) is 5.69 Å². The first-order valence-electron chi connectivity index (χ1n) is 8.01. The molecule has 0 fully saturated rings. The second kappa shape index (κ2) is 7.99. The summed E-state index contributed by atoms with van der Waals surface area (Å²) < 4.78 is 9.96. The largest absolute Gasteiger partial charge is 0.376 e. The van der Waals surface area contributed by atoms with E-state index in [9.17, 15) is 0 Å². The van der Waals surface area contributed by atoms with E-state index in [1.54, 1.807) is 0 Å². The molecule has 0 N–H and O–H groups in total. The van der Waals surface area contributed by atoms with Crippen molar-refractivity contribution in [1.82, 2.24) is 4.57 Å². The van der Waals surface area contributed by atoms with Crippen molar-refractivity contribution in [2.24, 2.45) is 7.05 Å². The minimum absolute atomic E-state index is 0.749. The molecular weight excluding hydrogens is 274 g/mol. The first kappa shape index (κ1) is 16.6. The molecule has 0 unspecified atom stereocenters. The molecule has 1 aromatic heterocycles. The molecule has 0 aliphatic carbocycles. The van der Waals surface area contributed by atoms with E-state index in [1.165, 1.54) is 16.8 Å². The topological polar surface area (TPSA) is 21.3 Å². The molecule has 0 bridgehead atoms. The van der Waals surface area contributed by atoms with Crippen LogP contribution in [0.25, 0.3) is 0 Å². The van der Waals surface area contributed by atoms with Crippen LogP contribution in [-0.4, -0.2) is 30.9 Å². The number of aromatic nitrogens is 2. The Balaban J connectivity index is 1.75. The number of hydrogen-bond acceptors (Lipinski definition) is 2. The third-order valence-corrected chi connectivity index (χ3v) is 4.06. The van der Waals surface area contributed by atoms with Crippen LogP contribution in [0, 0.1) is 13.8 Å². The average Bonchev–Trinajstić information content (AvgIpc) is 2.91. The van der Waals surface area contributed by atoms with Gasteiger partial charge in [0.25, 0.3) is 0 Å². The smallest absolute Gasteiger partial charge is 0.243 e. The van der Waals surface area contributed by atoms with Gasteiger partial charge in [-0.3, -0.25) is 0 Å². The van der Waals surface area contributed by atoms with Gasteiger partial charge in [-0.25, -0.2) is 9.13 Å². The highest BCUT2D eigenvalue weighted by Crippen LogP contribution is 2.18.